The fraction of sp³-hybridized carbons (Fsp3) is 0.467. The Kier molecular flexibility index (Phi) is 9.54. The zero-order valence-corrected chi connectivity index (χ0v) is 26.7. The van der Waals surface area contributed by atoms with Crippen LogP contribution in [0.4, 0.5) is 16.2 Å². The molecular weight excluding hydrogens is 668 g/mol. The predicted octanol–water partition coefficient (Wildman–Crippen LogP) is 4.23. The lowest BCUT2D eigenvalue weighted by molar-refractivity contribution is -0.139. The zero-order chi connectivity index (χ0) is 30.0. The van der Waals surface area contributed by atoms with Crippen molar-refractivity contribution in [2.45, 2.75) is 50.7 Å². The number of amides is 4. The molecule has 1 atom stereocenters. The van der Waals surface area contributed by atoms with Crippen LogP contribution in [0.3, 0.4) is 0 Å². The number of nitrogen functional groups attached to an aromatic ring is 1. The highest BCUT2D eigenvalue weighted by molar-refractivity contribution is 9.11. The maximum absolute atomic E-state index is 13.9. The fourth-order valence-corrected chi connectivity index (χ4v) is 7.13. The van der Waals surface area contributed by atoms with Crippen LogP contribution in [0.5, 0.6) is 0 Å². The highest BCUT2D eigenvalue weighted by Crippen LogP contribution is 2.31. The molecule has 12 heteroatoms. The molecule has 10 nitrogen and oxygen atoms in total. The number of benzene rings is 2. The van der Waals surface area contributed by atoms with Crippen molar-refractivity contribution in [2.24, 2.45) is 5.92 Å². The Labute approximate surface area is 262 Å². The number of rotatable bonds is 7. The summed E-state index contributed by atoms with van der Waals surface area (Å²) in [5, 5.41) is 5.91. The summed E-state index contributed by atoms with van der Waals surface area (Å²) in [6.45, 7) is 3.01. The lowest BCUT2D eigenvalue weighted by Gasteiger charge is -2.41. The molecule has 2 aromatic rings. The van der Waals surface area contributed by atoms with Crippen LogP contribution in [0.15, 0.2) is 45.3 Å². The predicted molar refractivity (Wildman–Crippen MR) is 168 cm³/mol. The van der Waals surface area contributed by atoms with E-state index in [1.807, 2.05) is 36.2 Å². The standard InChI is InChI=1S/C30H36Br2N6O4/c1-36-10-6-18(7-11-36)28(40)34-25(16-26(39)20-14-22(31)27(33)23(32)15-20)29(41)37-12-8-21(9-13-37)38-17-19-4-2-3-5-24(19)35-30(38)42/h2-5,14-15,18,21,25H,6-13,16-17,33H2,1H3,(H,34,40)(H,35,42). The smallest absolute Gasteiger partial charge is 0.322 e. The summed E-state index contributed by atoms with van der Waals surface area (Å²) in [6.07, 6.45) is 2.49. The SMILES string of the molecule is CN1CCC(C(=O)NC(CC(=O)c2cc(Br)c(N)c(Br)c2)C(=O)N2CCC(N3Cc4ccccc4NC3=O)CC2)CC1. The van der Waals surface area contributed by atoms with Gasteiger partial charge in [0.15, 0.2) is 5.78 Å². The van der Waals surface area contributed by atoms with Crippen molar-refractivity contribution in [1.82, 2.24) is 20.0 Å². The Hall–Kier alpha value is -2.96. The van der Waals surface area contributed by atoms with Gasteiger partial charge in [0.1, 0.15) is 6.04 Å². The zero-order valence-electron chi connectivity index (χ0n) is 23.6. The molecule has 3 aliphatic rings. The maximum atomic E-state index is 13.9. The second kappa shape index (κ2) is 13.1. The first kappa shape index (κ1) is 30.5. The molecule has 4 N–H and O–H groups in total. The lowest BCUT2D eigenvalue weighted by Crippen LogP contribution is -2.55. The third-order valence-electron chi connectivity index (χ3n) is 8.57. The highest BCUT2D eigenvalue weighted by Gasteiger charge is 2.36. The van der Waals surface area contributed by atoms with Crippen molar-refractivity contribution in [3.8, 4) is 0 Å². The van der Waals surface area contributed by atoms with Crippen molar-refractivity contribution in [3.05, 3.63) is 56.5 Å². The Morgan fingerprint density at radius 2 is 1.67 bits per heavy atom. The number of likely N-dealkylation sites (tertiary alicyclic amines) is 2. The van der Waals surface area contributed by atoms with Crippen molar-refractivity contribution >= 4 is 66.9 Å². The summed E-state index contributed by atoms with van der Waals surface area (Å²) >= 11 is 6.77. The highest BCUT2D eigenvalue weighted by atomic mass is 79.9. The minimum Gasteiger partial charge on any atom is -0.397 e. The summed E-state index contributed by atoms with van der Waals surface area (Å²) in [4.78, 5) is 59.1. The van der Waals surface area contributed by atoms with Gasteiger partial charge in [-0.15, -0.1) is 0 Å². The molecule has 0 bridgehead atoms. The number of carbonyl (C=O) groups is 4. The number of halogens is 2. The number of piperidine rings is 2. The van der Waals surface area contributed by atoms with Gasteiger partial charge in [-0.1, -0.05) is 18.2 Å². The van der Waals surface area contributed by atoms with Crippen LogP contribution in [0.1, 0.15) is 48.0 Å². The van der Waals surface area contributed by atoms with Crippen molar-refractivity contribution in [1.29, 1.82) is 0 Å². The van der Waals surface area contributed by atoms with Gasteiger partial charge in [0, 0.05) is 58.2 Å². The summed E-state index contributed by atoms with van der Waals surface area (Å²) in [5.41, 5.74) is 8.76. The Morgan fingerprint density at radius 1 is 1.02 bits per heavy atom. The maximum Gasteiger partial charge on any atom is 0.322 e. The molecule has 2 saturated heterocycles. The first-order valence-electron chi connectivity index (χ1n) is 14.3. The summed E-state index contributed by atoms with van der Waals surface area (Å²) in [6, 6.07) is 9.90. The van der Waals surface area contributed by atoms with Gasteiger partial charge < -0.3 is 31.1 Å². The number of nitrogens with one attached hydrogen (secondary N) is 2. The van der Waals surface area contributed by atoms with E-state index in [2.05, 4.69) is 47.4 Å². The fourth-order valence-electron chi connectivity index (χ4n) is 5.94. The molecule has 2 fully saturated rings. The quantitative estimate of drug-likeness (QED) is 0.293. The van der Waals surface area contributed by atoms with E-state index in [1.54, 1.807) is 17.0 Å². The average molecular weight is 704 g/mol. The molecule has 3 aliphatic heterocycles. The molecule has 4 amide bonds. The van der Waals surface area contributed by atoms with Crippen LogP contribution >= 0.6 is 31.9 Å². The molecule has 0 saturated carbocycles. The number of hydrogen-bond acceptors (Lipinski definition) is 6. The van der Waals surface area contributed by atoms with Crippen LogP contribution in [-0.4, -0.2) is 83.6 Å². The number of carbonyl (C=O) groups excluding carboxylic acids is 4. The number of urea groups is 1. The van der Waals surface area contributed by atoms with Crippen LogP contribution in [-0.2, 0) is 16.1 Å². The third kappa shape index (κ3) is 6.81. The number of hydrogen-bond donors (Lipinski definition) is 3. The second-order valence-corrected chi connectivity index (χ2v) is 13.1. The van der Waals surface area contributed by atoms with E-state index in [9.17, 15) is 19.2 Å². The first-order chi connectivity index (χ1) is 20.1. The van der Waals surface area contributed by atoms with Gasteiger partial charge in [-0.2, -0.15) is 0 Å². The molecule has 0 aromatic heterocycles. The lowest BCUT2D eigenvalue weighted by atomic mass is 9.94. The molecule has 42 heavy (non-hydrogen) atoms. The van der Waals surface area contributed by atoms with E-state index in [-0.39, 0.29) is 42.0 Å². The van der Waals surface area contributed by atoms with Gasteiger partial charge in [-0.25, -0.2) is 4.79 Å². The summed E-state index contributed by atoms with van der Waals surface area (Å²) < 4.78 is 1.15. The van der Waals surface area contributed by atoms with Gasteiger partial charge >= 0.3 is 6.03 Å². The topological polar surface area (TPSA) is 128 Å². The molecule has 3 heterocycles. The van der Waals surface area contributed by atoms with Crippen LogP contribution < -0.4 is 16.4 Å². The van der Waals surface area contributed by atoms with Crippen LogP contribution in [0.2, 0.25) is 0 Å². The molecule has 0 aliphatic carbocycles. The monoisotopic (exact) mass is 702 g/mol. The molecule has 1 unspecified atom stereocenters. The van der Waals surface area contributed by atoms with Crippen molar-refractivity contribution in [2.75, 3.05) is 44.3 Å². The molecule has 0 radical (unpaired) electrons. The summed E-state index contributed by atoms with van der Waals surface area (Å²) in [7, 11) is 2.03. The minimum atomic E-state index is -0.985. The number of fused-ring (bicyclic) bond motifs is 1. The molecule has 0 spiro atoms. The number of anilines is 2. The largest absolute Gasteiger partial charge is 0.397 e. The van der Waals surface area contributed by atoms with Gasteiger partial charge in [-0.05, 0) is 101 Å². The van der Waals surface area contributed by atoms with E-state index >= 15 is 0 Å². The van der Waals surface area contributed by atoms with Gasteiger partial charge in [0.05, 0.1) is 5.69 Å². The van der Waals surface area contributed by atoms with Gasteiger partial charge in [0.2, 0.25) is 11.8 Å². The van der Waals surface area contributed by atoms with E-state index in [0.717, 1.165) is 24.3 Å². The minimum absolute atomic E-state index is 0.0132. The van der Waals surface area contributed by atoms with Crippen LogP contribution in [0.25, 0.3) is 0 Å². The average Bonchev–Trinajstić information content (AvgIpc) is 2.99. The van der Waals surface area contributed by atoms with Gasteiger partial charge in [-0.3, -0.25) is 14.4 Å². The Bertz CT molecular complexity index is 1350. The Balaban J connectivity index is 1.27. The van der Waals surface area contributed by atoms with E-state index in [1.165, 1.54) is 0 Å². The van der Waals surface area contributed by atoms with Crippen molar-refractivity contribution < 1.29 is 19.2 Å². The summed E-state index contributed by atoms with van der Waals surface area (Å²) in [5.74, 6) is -0.924. The molecule has 2 aromatic carbocycles. The third-order valence-corrected chi connectivity index (χ3v) is 9.88. The van der Waals surface area contributed by atoms with Crippen LogP contribution in [0, 0.1) is 5.92 Å². The number of nitrogens with two attached hydrogens (primary N) is 1. The molecular formula is C30H36Br2N6O4. The van der Waals surface area contributed by atoms with E-state index in [4.69, 9.17) is 5.73 Å². The normalized spacial score (nSPS) is 19.2. The van der Waals surface area contributed by atoms with E-state index in [0.29, 0.717) is 65.5 Å². The second-order valence-electron chi connectivity index (χ2n) is 11.4. The van der Waals surface area contributed by atoms with Crippen molar-refractivity contribution in [3.63, 3.8) is 0 Å². The Morgan fingerprint density at radius 3 is 2.33 bits per heavy atom. The molecule has 224 valence electrons. The number of nitrogens with zero attached hydrogens (tertiary/aromatic N) is 3. The number of ketones is 1. The number of para-hydroxylation sites is 1. The van der Waals surface area contributed by atoms with E-state index < -0.39 is 6.04 Å². The first-order valence-corrected chi connectivity index (χ1v) is 15.9. The number of Topliss-reactive ketones (excluding diaryl/α,β-unsaturated/α-hetero) is 1. The molecule has 5 rings (SSSR count). The van der Waals surface area contributed by atoms with Gasteiger partial charge in [0.25, 0.3) is 0 Å².